The number of anilines is 1. The number of nitrogens with one attached hydrogen (secondary N) is 1. The summed E-state index contributed by atoms with van der Waals surface area (Å²) in [7, 11) is 0. The Hall–Kier alpha value is -2.74. The molecule has 3 rings (SSSR count). The SMILES string of the molecule is CCNC(=O)CN1CCN(c2ccc([N+](=O)[O-])c3cnccc23)CC1. The molecular formula is C17H21N5O3. The van der Waals surface area contributed by atoms with E-state index in [1.165, 1.54) is 0 Å². The molecule has 0 atom stereocenters. The molecule has 2 aromatic rings. The van der Waals surface area contributed by atoms with Crippen LogP contribution in [0, 0.1) is 10.1 Å². The van der Waals surface area contributed by atoms with Crippen molar-refractivity contribution in [3.63, 3.8) is 0 Å². The van der Waals surface area contributed by atoms with Crippen molar-refractivity contribution < 1.29 is 9.72 Å². The van der Waals surface area contributed by atoms with Gasteiger partial charge in [-0.05, 0) is 19.1 Å². The number of nitro groups is 1. The number of carbonyl (C=O) groups is 1. The second-order valence-electron chi connectivity index (χ2n) is 6.00. The number of fused-ring (bicyclic) bond motifs is 1. The van der Waals surface area contributed by atoms with E-state index in [9.17, 15) is 14.9 Å². The van der Waals surface area contributed by atoms with Gasteiger partial charge in [-0.15, -0.1) is 0 Å². The van der Waals surface area contributed by atoms with Crippen molar-refractivity contribution in [3.8, 4) is 0 Å². The highest BCUT2D eigenvalue weighted by molar-refractivity contribution is 5.99. The maximum atomic E-state index is 11.7. The molecular weight excluding hydrogens is 322 g/mol. The van der Waals surface area contributed by atoms with Gasteiger partial charge in [-0.1, -0.05) is 0 Å². The van der Waals surface area contributed by atoms with Crippen LogP contribution in [0.5, 0.6) is 0 Å². The van der Waals surface area contributed by atoms with Gasteiger partial charge in [-0.3, -0.25) is 24.8 Å². The Morgan fingerprint density at radius 2 is 2.00 bits per heavy atom. The molecule has 2 heterocycles. The summed E-state index contributed by atoms with van der Waals surface area (Å²) in [5.41, 5.74) is 1.04. The number of nitrogens with zero attached hydrogens (tertiary/aromatic N) is 4. The summed E-state index contributed by atoms with van der Waals surface area (Å²) < 4.78 is 0. The summed E-state index contributed by atoms with van der Waals surface area (Å²) in [5, 5.41) is 15.4. The molecule has 1 amide bonds. The largest absolute Gasteiger partial charge is 0.368 e. The Bertz CT molecular complexity index is 787. The number of likely N-dealkylation sites (N-methyl/N-ethyl adjacent to an activating group) is 1. The lowest BCUT2D eigenvalue weighted by Crippen LogP contribution is -2.49. The molecule has 1 aromatic carbocycles. The number of hydrogen-bond donors (Lipinski definition) is 1. The topological polar surface area (TPSA) is 91.6 Å². The zero-order valence-corrected chi connectivity index (χ0v) is 14.1. The Kier molecular flexibility index (Phi) is 5.08. The van der Waals surface area contributed by atoms with Crippen molar-refractivity contribution in [1.82, 2.24) is 15.2 Å². The fraction of sp³-hybridized carbons (Fsp3) is 0.412. The van der Waals surface area contributed by atoms with Crippen molar-refractivity contribution in [2.24, 2.45) is 0 Å². The maximum Gasteiger partial charge on any atom is 0.278 e. The van der Waals surface area contributed by atoms with Gasteiger partial charge in [0.2, 0.25) is 5.91 Å². The Morgan fingerprint density at radius 1 is 1.24 bits per heavy atom. The zero-order valence-electron chi connectivity index (χ0n) is 14.1. The molecule has 0 aliphatic carbocycles. The van der Waals surface area contributed by atoms with E-state index in [4.69, 9.17) is 0 Å². The fourth-order valence-electron chi connectivity index (χ4n) is 3.20. The van der Waals surface area contributed by atoms with Gasteiger partial charge in [0.05, 0.1) is 16.9 Å². The van der Waals surface area contributed by atoms with Crippen LogP contribution in [0.15, 0.2) is 30.6 Å². The molecule has 1 aliphatic rings. The zero-order chi connectivity index (χ0) is 17.8. The van der Waals surface area contributed by atoms with E-state index in [-0.39, 0.29) is 16.5 Å². The van der Waals surface area contributed by atoms with Gasteiger partial charge in [0.15, 0.2) is 0 Å². The minimum atomic E-state index is -0.377. The molecule has 8 nitrogen and oxygen atoms in total. The number of benzene rings is 1. The van der Waals surface area contributed by atoms with Crippen LogP contribution in [0.3, 0.4) is 0 Å². The second-order valence-corrected chi connectivity index (χ2v) is 6.00. The van der Waals surface area contributed by atoms with Gasteiger partial charge < -0.3 is 10.2 Å². The van der Waals surface area contributed by atoms with E-state index in [2.05, 4.69) is 20.1 Å². The Balaban J connectivity index is 1.77. The Labute approximate surface area is 145 Å². The third-order valence-electron chi connectivity index (χ3n) is 4.42. The first-order valence-electron chi connectivity index (χ1n) is 8.35. The van der Waals surface area contributed by atoms with Crippen molar-refractivity contribution in [1.29, 1.82) is 0 Å². The van der Waals surface area contributed by atoms with Crippen molar-refractivity contribution in [2.75, 3.05) is 44.2 Å². The van der Waals surface area contributed by atoms with Crippen molar-refractivity contribution >= 4 is 28.1 Å². The number of carbonyl (C=O) groups excluding carboxylic acids is 1. The third kappa shape index (κ3) is 3.69. The monoisotopic (exact) mass is 343 g/mol. The number of non-ortho nitro benzene ring substituents is 1. The predicted molar refractivity (Wildman–Crippen MR) is 95.7 cm³/mol. The van der Waals surface area contributed by atoms with Gasteiger partial charge in [-0.25, -0.2) is 0 Å². The lowest BCUT2D eigenvalue weighted by molar-refractivity contribution is -0.383. The fourth-order valence-corrected chi connectivity index (χ4v) is 3.20. The molecule has 25 heavy (non-hydrogen) atoms. The van der Waals surface area contributed by atoms with Crippen LogP contribution >= 0.6 is 0 Å². The van der Waals surface area contributed by atoms with Crippen LogP contribution < -0.4 is 10.2 Å². The van der Waals surface area contributed by atoms with Gasteiger partial charge in [0.1, 0.15) is 0 Å². The molecule has 1 saturated heterocycles. The van der Waals surface area contributed by atoms with Crippen LogP contribution in [0.1, 0.15) is 6.92 Å². The van der Waals surface area contributed by atoms with Crippen LogP contribution in [-0.2, 0) is 4.79 Å². The smallest absolute Gasteiger partial charge is 0.278 e. The lowest BCUT2D eigenvalue weighted by Gasteiger charge is -2.36. The predicted octanol–water partition coefficient (Wildman–Crippen LogP) is 1.40. The Morgan fingerprint density at radius 3 is 2.68 bits per heavy atom. The van der Waals surface area contributed by atoms with Crippen LogP contribution in [0.2, 0.25) is 0 Å². The minimum absolute atomic E-state index is 0.0443. The van der Waals surface area contributed by atoms with Crippen LogP contribution in [0.25, 0.3) is 10.8 Å². The highest BCUT2D eigenvalue weighted by Crippen LogP contribution is 2.33. The first kappa shape index (κ1) is 17.1. The molecule has 8 heteroatoms. The molecule has 0 spiro atoms. The maximum absolute atomic E-state index is 11.7. The third-order valence-corrected chi connectivity index (χ3v) is 4.42. The van der Waals surface area contributed by atoms with E-state index >= 15 is 0 Å². The van der Waals surface area contributed by atoms with Gasteiger partial charge in [0, 0.05) is 62.3 Å². The summed E-state index contributed by atoms with van der Waals surface area (Å²) in [4.78, 5) is 30.9. The average Bonchev–Trinajstić information content (AvgIpc) is 2.61. The van der Waals surface area contributed by atoms with E-state index in [1.807, 2.05) is 13.0 Å². The minimum Gasteiger partial charge on any atom is -0.368 e. The van der Waals surface area contributed by atoms with Crippen LogP contribution in [-0.4, -0.2) is 60.0 Å². The molecule has 1 aliphatic heterocycles. The van der Waals surface area contributed by atoms with E-state index < -0.39 is 0 Å². The van der Waals surface area contributed by atoms with Crippen molar-refractivity contribution in [3.05, 3.63) is 40.7 Å². The van der Waals surface area contributed by atoms with Gasteiger partial charge in [-0.2, -0.15) is 0 Å². The molecule has 1 aromatic heterocycles. The molecule has 1 N–H and O–H groups in total. The number of piperazine rings is 1. The van der Waals surface area contributed by atoms with E-state index in [1.54, 1.807) is 24.5 Å². The first-order valence-corrected chi connectivity index (χ1v) is 8.35. The molecule has 1 fully saturated rings. The summed E-state index contributed by atoms with van der Waals surface area (Å²) >= 11 is 0. The summed E-state index contributed by atoms with van der Waals surface area (Å²) in [6.45, 7) is 6.06. The molecule has 0 saturated carbocycles. The quantitative estimate of drug-likeness (QED) is 0.652. The summed E-state index contributed by atoms with van der Waals surface area (Å²) in [6.07, 6.45) is 3.20. The van der Waals surface area contributed by atoms with Crippen molar-refractivity contribution in [2.45, 2.75) is 6.92 Å². The van der Waals surface area contributed by atoms with Gasteiger partial charge >= 0.3 is 0 Å². The number of nitro benzene ring substituents is 1. The molecule has 0 unspecified atom stereocenters. The first-order chi connectivity index (χ1) is 12.1. The van der Waals surface area contributed by atoms with Crippen LogP contribution in [0.4, 0.5) is 11.4 Å². The number of hydrogen-bond acceptors (Lipinski definition) is 6. The number of pyridine rings is 1. The van der Waals surface area contributed by atoms with Gasteiger partial charge in [0.25, 0.3) is 5.69 Å². The van der Waals surface area contributed by atoms with E-state index in [0.29, 0.717) is 18.5 Å². The normalized spacial score (nSPS) is 15.3. The number of aromatic nitrogens is 1. The average molecular weight is 343 g/mol. The highest BCUT2D eigenvalue weighted by Gasteiger charge is 2.22. The molecule has 0 bridgehead atoms. The van der Waals surface area contributed by atoms with E-state index in [0.717, 1.165) is 37.3 Å². The molecule has 0 radical (unpaired) electrons. The highest BCUT2D eigenvalue weighted by atomic mass is 16.6. The molecule has 132 valence electrons. The second kappa shape index (κ2) is 7.43. The number of rotatable bonds is 5. The summed E-state index contributed by atoms with van der Waals surface area (Å²) in [5.74, 6) is 0.0443. The summed E-state index contributed by atoms with van der Waals surface area (Å²) in [6, 6.07) is 5.17. The lowest BCUT2D eigenvalue weighted by atomic mass is 10.1. The standard InChI is InChI=1S/C17H21N5O3/c1-2-19-17(23)12-20-7-9-21(10-8-20)15-3-4-16(22(24)25)14-11-18-6-5-13(14)15/h3-6,11H,2,7-10,12H2,1H3,(H,19,23). The number of amides is 1.